The zero-order valence-corrected chi connectivity index (χ0v) is 11.0. The standard InChI is InChI=1S/C12H16ClN3O2/c1-8(17)15-11-7-12(10(14)6-9(11)13)16-2-4-18-5-3-16/h6-7H,2-5,14H2,1H3,(H,15,17). The number of carbonyl (C=O) groups is 1. The Morgan fingerprint density at radius 3 is 2.72 bits per heavy atom. The van der Waals surface area contributed by atoms with Gasteiger partial charge in [-0.2, -0.15) is 0 Å². The minimum Gasteiger partial charge on any atom is -0.397 e. The summed E-state index contributed by atoms with van der Waals surface area (Å²) in [5.41, 5.74) is 8.04. The molecule has 1 aliphatic rings. The predicted octanol–water partition coefficient (Wildman–Crippen LogP) is 1.72. The number of anilines is 3. The molecule has 1 fully saturated rings. The first-order chi connectivity index (χ1) is 8.58. The number of nitrogen functional groups attached to an aromatic ring is 1. The van der Waals surface area contributed by atoms with Crippen LogP contribution in [0.1, 0.15) is 6.92 Å². The summed E-state index contributed by atoms with van der Waals surface area (Å²) in [5.74, 6) is -0.158. The molecule has 0 unspecified atom stereocenters. The minimum atomic E-state index is -0.158. The van der Waals surface area contributed by atoms with Crippen LogP contribution in [0.2, 0.25) is 5.02 Å². The van der Waals surface area contributed by atoms with Gasteiger partial charge in [0, 0.05) is 20.0 Å². The molecule has 3 N–H and O–H groups in total. The molecular weight excluding hydrogens is 254 g/mol. The van der Waals surface area contributed by atoms with Crippen LogP contribution >= 0.6 is 11.6 Å². The molecule has 0 saturated carbocycles. The van der Waals surface area contributed by atoms with E-state index < -0.39 is 0 Å². The van der Waals surface area contributed by atoms with E-state index in [2.05, 4.69) is 10.2 Å². The van der Waals surface area contributed by atoms with Crippen molar-refractivity contribution < 1.29 is 9.53 Å². The highest BCUT2D eigenvalue weighted by Crippen LogP contribution is 2.33. The van der Waals surface area contributed by atoms with E-state index in [0.717, 1.165) is 18.8 Å². The summed E-state index contributed by atoms with van der Waals surface area (Å²) in [5, 5.41) is 3.14. The summed E-state index contributed by atoms with van der Waals surface area (Å²) in [7, 11) is 0. The first-order valence-electron chi connectivity index (χ1n) is 5.77. The van der Waals surface area contributed by atoms with E-state index in [9.17, 15) is 4.79 Å². The van der Waals surface area contributed by atoms with Gasteiger partial charge in [0.1, 0.15) is 0 Å². The molecule has 5 nitrogen and oxygen atoms in total. The van der Waals surface area contributed by atoms with Gasteiger partial charge in [0.15, 0.2) is 0 Å². The summed E-state index contributed by atoms with van der Waals surface area (Å²) in [6.07, 6.45) is 0. The van der Waals surface area contributed by atoms with Gasteiger partial charge in [-0.3, -0.25) is 4.79 Å². The van der Waals surface area contributed by atoms with E-state index in [0.29, 0.717) is 29.6 Å². The van der Waals surface area contributed by atoms with Gasteiger partial charge in [-0.1, -0.05) is 11.6 Å². The van der Waals surface area contributed by atoms with Crippen molar-refractivity contribution in [3.05, 3.63) is 17.2 Å². The maximum Gasteiger partial charge on any atom is 0.221 e. The maximum absolute atomic E-state index is 11.1. The first kappa shape index (κ1) is 13.0. The van der Waals surface area contributed by atoms with E-state index in [1.165, 1.54) is 6.92 Å². The highest BCUT2D eigenvalue weighted by molar-refractivity contribution is 6.34. The van der Waals surface area contributed by atoms with Crippen LogP contribution in [0.15, 0.2) is 12.1 Å². The zero-order valence-electron chi connectivity index (χ0n) is 10.2. The van der Waals surface area contributed by atoms with Gasteiger partial charge in [0.05, 0.1) is 35.3 Å². The smallest absolute Gasteiger partial charge is 0.221 e. The maximum atomic E-state index is 11.1. The molecule has 1 aromatic carbocycles. The van der Waals surface area contributed by atoms with Gasteiger partial charge in [-0.05, 0) is 12.1 Å². The number of amides is 1. The fraction of sp³-hybridized carbons (Fsp3) is 0.417. The number of nitrogens with one attached hydrogen (secondary N) is 1. The molecule has 0 spiro atoms. The predicted molar refractivity (Wildman–Crippen MR) is 73.2 cm³/mol. The van der Waals surface area contributed by atoms with E-state index >= 15 is 0 Å². The lowest BCUT2D eigenvalue weighted by atomic mass is 10.2. The summed E-state index contributed by atoms with van der Waals surface area (Å²) in [4.78, 5) is 13.2. The second kappa shape index (κ2) is 5.46. The normalized spacial score (nSPS) is 15.6. The van der Waals surface area contributed by atoms with Crippen molar-refractivity contribution in [2.24, 2.45) is 0 Å². The highest BCUT2D eigenvalue weighted by atomic mass is 35.5. The first-order valence-corrected chi connectivity index (χ1v) is 6.15. The molecule has 0 radical (unpaired) electrons. The van der Waals surface area contributed by atoms with Crippen molar-refractivity contribution in [1.29, 1.82) is 0 Å². The number of ether oxygens (including phenoxy) is 1. The third kappa shape index (κ3) is 2.86. The lowest BCUT2D eigenvalue weighted by Gasteiger charge is -2.30. The van der Waals surface area contributed by atoms with Gasteiger partial charge in [0.25, 0.3) is 0 Å². The Labute approximate surface area is 111 Å². The van der Waals surface area contributed by atoms with E-state index in [1.54, 1.807) is 6.07 Å². The van der Waals surface area contributed by atoms with Crippen molar-refractivity contribution in [3.8, 4) is 0 Å². The number of hydrogen-bond acceptors (Lipinski definition) is 4. The Morgan fingerprint density at radius 1 is 1.44 bits per heavy atom. The Morgan fingerprint density at radius 2 is 2.11 bits per heavy atom. The fourth-order valence-electron chi connectivity index (χ4n) is 1.94. The average Bonchev–Trinajstić information content (AvgIpc) is 2.33. The van der Waals surface area contributed by atoms with Crippen LogP contribution in [0.25, 0.3) is 0 Å². The van der Waals surface area contributed by atoms with Crippen LogP contribution in [-0.4, -0.2) is 32.2 Å². The second-order valence-corrected chi connectivity index (χ2v) is 4.58. The molecule has 0 atom stereocenters. The number of nitrogens with zero attached hydrogens (tertiary/aromatic N) is 1. The van der Waals surface area contributed by atoms with Gasteiger partial charge >= 0.3 is 0 Å². The van der Waals surface area contributed by atoms with E-state index in [-0.39, 0.29) is 5.91 Å². The van der Waals surface area contributed by atoms with Crippen LogP contribution < -0.4 is 16.0 Å². The minimum absolute atomic E-state index is 0.158. The number of morpholine rings is 1. The van der Waals surface area contributed by atoms with Crippen LogP contribution in [0.5, 0.6) is 0 Å². The number of hydrogen-bond donors (Lipinski definition) is 2. The Hall–Kier alpha value is -1.46. The van der Waals surface area contributed by atoms with Gasteiger partial charge < -0.3 is 20.7 Å². The number of nitrogens with two attached hydrogens (primary N) is 1. The molecule has 1 saturated heterocycles. The number of carbonyl (C=O) groups excluding carboxylic acids is 1. The second-order valence-electron chi connectivity index (χ2n) is 4.17. The molecule has 0 bridgehead atoms. The monoisotopic (exact) mass is 269 g/mol. The van der Waals surface area contributed by atoms with Crippen molar-refractivity contribution >= 4 is 34.6 Å². The largest absolute Gasteiger partial charge is 0.397 e. The molecule has 18 heavy (non-hydrogen) atoms. The third-order valence-corrected chi connectivity index (χ3v) is 3.09. The number of benzene rings is 1. The molecule has 1 heterocycles. The molecule has 98 valence electrons. The zero-order chi connectivity index (χ0) is 13.1. The van der Waals surface area contributed by atoms with Crippen molar-refractivity contribution in [2.75, 3.05) is 42.3 Å². The highest BCUT2D eigenvalue weighted by Gasteiger charge is 2.16. The van der Waals surface area contributed by atoms with Gasteiger partial charge in [-0.25, -0.2) is 0 Å². The molecular formula is C12H16ClN3O2. The Kier molecular flexibility index (Phi) is 3.93. The average molecular weight is 270 g/mol. The number of rotatable bonds is 2. The summed E-state index contributed by atoms with van der Waals surface area (Å²) >= 11 is 6.05. The summed E-state index contributed by atoms with van der Waals surface area (Å²) < 4.78 is 5.30. The van der Waals surface area contributed by atoms with Crippen molar-refractivity contribution in [3.63, 3.8) is 0 Å². The molecule has 6 heteroatoms. The summed E-state index contributed by atoms with van der Waals surface area (Å²) in [6, 6.07) is 3.47. The van der Waals surface area contributed by atoms with Gasteiger partial charge in [-0.15, -0.1) is 0 Å². The van der Waals surface area contributed by atoms with Crippen molar-refractivity contribution in [1.82, 2.24) is 0 Å². The lowest BCUT2D eigenvalue weighted by molar-refractivity contribution is -0.114. The third-order valence-electron chi connectivity index (χ3n) is 2.78. The molecule has 0 aliphatic carbocycles. The van der Waals surface area contributed by atoms with E-state index in [4.69, 9.17) is 22.1 Å². The van der Waals surface area contributed by atoms with Crippen LogP contribution in [0.3, 0.4) is 0 Å². The van der Waals surface area contributed by atoms with E-state index in [1.807, 2.05) is 6.07 Å². The van der Waals surface area contributed by atoms with Crippen molar-refractivity contribution in [2.45, 2.75) is 6.92 Å². The van der Waals surface area contributed by atoms with Crippen LogP contribution in [0.4, 0.5) is 17.1 Å². The Balaban J connectivity index is 2.30. The summed E-state index contributed by atoms with van der Waals surface area (Å²) in [6.45, 7) is 4.37. The molecule has 1 amide bonds. The quantitative estimate of drug-likeness (QED) is 0.802. The molecule has 0 aromatic heterocycles. The van der Waals surface area contributed by atoms with Crippen LogP contribution in [0, 0.1) is 0 Å². The topological polar surface area (TPSA) is 67.6 Å². The molecule has 1 aliphatic heterocycles. The molecule has 1 aromatic rings. The van der Waals surface area contributed by atoms with Gasteiger partial charge in [0.2, 0.25) is 5.91 Å². The molecule has 2 rings (SSSR count). The number of halogens is 1. The SMILES string of the molecule is CC(=O)Nc1cc(N2CCOCC2)c(N)cc1Cl. The van der Waals surface area contributed by atoms with Crippen LogP contribution in [-0.2, 0) is 9.53 Å². The lowest BCUT2D eigenvalue weighted by Crippen LogP contribution is -2.36. The Bertz CT molecular complexity index is 459. The fourth-order valence-corrected chi connectivity index (χ4v) is 2.16.